The van der Waals surface area contributed by atoms with Gasteiger partial charge in [-0.05, 0) is 29.5 Å². The second-order valence-corrected chi connectivity index (χ2v) is 4.95. The SMILES string of the molecule is CC(=O)OC[C@@H]1[C@H](CO)[C@H]1c1ccc2c(c1)OCO2. The van der Waals surface area contributed by atoms with Gasteiger partial charge >= 0.3 is 5.97 Å². The lowest BCUT2D eigenvalue weighted by atomic mass is 10.1. The number of carbonyl (C=O) groups excluding carboxylic acids is 1. The van der Waals surface area contributed by atoms with Crippen molar-refractivity contribution < 1.29 is 24.1 Å². The molecule has 2 aliphatic rings. The minimum absolute atomic E-state index is 0.102. The lowest BCUT2D eigenvalue weighted by Crippen LogP contribution is -2.04. The van der Waals surface area contributed by atoms with Crippen LogP contribution in [0.5, 0.6) is 11.5 Å². The predicted octanol–water partition coefficient (Wildman–Crippen LogP) is 1.30. The number of fused-ring (bicyclic) bond motifs is 1. The van der Waals surface area contributed by atoms with Crippen molar-refractivity contribution in [3.63, 3.8) is 0 Å². The number of esters is 1. The maximum absolute atomic E-state index is 10.8. The molecule has 1 aromatic carbocycles. The van der Waals surface area contributed by atoms with E-state index in [1.54, 1.807) is 0 Å². The van der Waals surface area contributed by atoms with Gasteiger partial charge in [0, 0.05) is 19.4 Å². The van der Waals surface area contributed by atoms with Crippen LogP contribution in [0.4, 0.5) is 0 Å². The highest BCUT2D eigenvalue weighted by molar-refractivity contribution is 5.66. The molecule has 1 heterocycles. The highest BCUT2D eigenvalue weighted by atomic mass is 16.7. The summed E-state index contributed by atoms with van der Waals surface area (Å²) >= 11 is 0. The van der Waals surface area contributed by atoms with Gasteiger partial charge in [-0.2, -0.15) is 0 Å². The highest BCUT2D eigenvalue weighted by Gasteiger charge is 2.51. The fraction of sp³-hybridized carbons (Fsp3) is 0.500. The van der Waals surface area contributed by atoms with Crippen molar-refractivity contribution in [1.82, 2.24) is 0 Å². The molecule has 1 aliphatic heterocycles. The zero-order valence-corrected chi connectivity index (χ0v) is 10.7. The number of hydrogen-bond acceptors (Lipinski definition) is 5. The summed E-state index contributed by atoms with van der Waals surface area (Å²) in [4.78, 5) is 10.8. The van der Waals surface area contributed by atoms with Gasteiger partial charge in [0.15, 0.2) is 11.5 Å². The molecule has 1 N–H and O–H groups in total. The van der Waals surface area contributed by atoms with Gasteiger partial charge in [-0.15, -0.1) is 0 Å². The van der Waals surface area contributed by atoms with E-state index in [1.165, 1.54) is 6.92 Å². The lowest BCUT2D eigenvalue weighted by Gasteiger charge is -2.03. The van der Waals surface area contributed by atoms with Crippen LogP contribution in [0, 0.1) is 11.8 Å². The Morgan fingerprint density at radius 1 is 1.37 bits per heavy atom. The van der Waals surface area contributed by atoms with Crippen molar-refractivity contribution in [1.29, 1.82) is 0 Å². The lowest BCUT2D eigenvalue weighted by molar-refractivity contribution is -0.141. The molecule has 1 saturated carbocycles. The van der Waals surface area contributed by atoms with Crippen molar-refractivity contribution in [2.45, 2.75) is 12.8 Å². The Balaban J connectivity index is 1.73. The topological polar surface area (TPSA) is 65.0 Å². The summed E-state index contributed by atoms with van der Waals surface area (Å²) in [6, 6.07) is 5.81. The molecule has 0 unspecified atom stereocenters. The van der Waals surface area contributed by atoms with Crippen LogP contribution in [0.1, 0.15) is 18.4 Å². The Bertz CT molecular complexity index is 499. The highest BCUT2D eigenvalue weighted by Crippen LogP contribution is 2.55. The van der Waals surface area contributed by atoms with E-state index in [4.69, 9.17) is 14.2 Å². The molecular weight excluding hydrogens is 248 g/mol. The summed E-state index contributed by atoms with van der Waals surface area (Å²) in [7, 11) is 0. The molecule has 19 heavy (non-hydrogen) atoms. The summed E-state index contributed by atoms with van der Waals surface area (Å²) in [6.07, 6.45) is 0. The Morgan fingerprint density at radius 2 is 2.16 bits per heavy atom. The first-order valence-corrected chi connectivity index (χ1v) is 6.34. The number of benzene rings is 1. The van der Waals surface area contributed by atoms with E-state index in [0.717, 1.165) is 17.1 Å². The maximum atomic E-state index is 10.8. The monoisotopic (exact) mass is 264 g/mol. The zero-order chi connectivity index (χ0) is 13.4. The molecule has 1 aromatic rings. The van der Waals surface area contributed by atoms with Crippen LogP contribution in [-0.4, -0.2) is 31.1 Å². The number of ether oxygens (including phenoxy) is 3. The third-order valence-corrected chi connectivity index (χ3v) is 3.80. The van der Waals surface area contributed by atoms with Crippen molar-refractivity contribution >= 4 is 5.97 Å². The fourth-order valence-electron chi connectivity index (χ4n) is 2.75. The molecule has 1 fully saturated rings. The summed E-state index contributed by atoms with van der Waals surface area (Å²) in [5.41, 5.74) is 1.10. The van der Waals surface area contributed by atoms with E-state index >= 15 is 0 Å². The van der Waals surface area contributed by atoms with Gasteiger partial charge in [-0.1, -0.05) is 6.07 Å². The van der Waals surface area contributed by atoms with Gasteiger partial charge in [0.1, 0.15) is 0 Å². The van der Waals surface area contributed by atoms with E-state index in [2.05, 4.69) is 0 Å². The summed E-state index contributed by atoms with van der Waals surface area (Å²) in [5, 5.41) is 9.37. The molecule has 3 atom stereocenters. The molecular formula is C14H16O5. The number of carbonyl (C=O) groups is 1. The molecule has 5 nitrogen and oxygen atoms in total. The Labute approximate surface area is 111 Å². The van der Waals surface area contributed by atoms with Gasteiger partial charge in [-0.3, -0.25) is 4.79 Å². The average molecular weight is 264 g/mol. The molecule has 0 aromatic heterocycles. The smallest absolute Gasteiger partial charge is 0.302 e. The van der Waals surface area contributed by atoms with Crippen molar-refractivity contribution in [3.8, 4) is 11.5 Å². The van der Waals surface area contributed by atoms with Crippen molar-refractivity contribution in [2.75, 3.05) is 20.0 Å². The van der Waals surface area contributed by atoms with Gasteiger partial charge in [0.25, 0.3) is 0 Å². The minimum atomic E-state index is -0.284. The second-order valence-electron chi connectivity index (χ2n) is 4.95. The fourth-order valence-corrected chi connectivity index (χ4v) is 2.75. The van der Waals surface area contributed by atoms with E-state index in [9.17, 15) is 9.90 Å². The molecule has 3 rings (SSSR count). The quantitative estimate of drug-likeness (QED) is 0.830. The second kappa shape index (κ2) is 4.74. The standard InChI is InChI=1S/C14H16O5/c1-8(16)17-6-11-10(5-15)14(11)9-2-3-12-13(4-9)19-7-18-12/h2-4,10-11,14-15H,5-7H2,1H3/t10-,11+,14+/m0/s1. The van der Waals surface area contributed by atoms with E-state index in [0.29, 0.717) is 6.61 Å². The average Bonchev–Trinajstić information content (AvgIpc) is 2.91. The molecule has 102 valence electrons. The summed E-state index contributed by atoms with van der Waals surface area (Å²) in [5.74, 6) is 1.77. The maximum Gasteiger partial charge on any atom is 0.302 e. The molecule has 5 heteroatoms. The third kappa shape index (κ3) is 2.26. The molecule has 0 saturated heterocycles. The normalized spacial score (nSPS) is 27.2. The van der Waals surface area contributed by atoms with E-state index < -0.39 is 0 Å². The Morgan fingerprint density at radius 3 is 2.89 bits per heavy atom. The molecule has 0 radical (unpaired) electrons. The van der Waals surface area contributed by atoms with Crippen LogP contribution in [0.2, 0.25) is 0 Å². The first-order valence-electron chi connectivity index (χ1n) is 6.34. The van der Waals surface area contributed by atoms with Gasteiger partial charge in [0.2, 0.25) is 6.79 Å². The first kappa shape index (κ1) is 12.3. The largest absolute Gasteiger partial charge is 0.466 e. The third-order valence-electron chi connectivity index (χ3n) is 3.80. The van der Waals surface area contributed by atoms with E-state index in [-0.39, 0.29) is 37.1 Å². The van der Waals surface area contributed by atoms with Gasteiger partial charge in [0.05, 0.1) is 6.61 Å². The van der Waals surface area contributed by atoms with Crippen LogP contribution in [0.15, 0.2) is 18.2 Å². The number of aliphatic hydroxyl groups excluding tert-OH is 1. The molecule has 0 amide bonds. The van der Waals surface area contributed by atoms with E-state index in [1.807, 2.05) is 18.2 Å². The van der Waals surface area contributed by atoms with Crippen molar-refractivity contribution in [3.05, 3.63) is 23.8 Å². The van der Waals surface area contributed by atoms with Crippen LogP contribution in [0.25, 0.3) is 0 Å². The predicted molar refractivity (Wildman–Crippen MR) is 66.0 cm³/mol. The van der Waals surface area contributed by atoms with Crippen molar-refractivity contribution in [2.24, 2.45) is 11.8 Å². The molecule has 0 bridgehead atoms. The van der Waals surface area contributed by atoms with Crippen LogP contribution in [-0.2, 0) is 9.53 Å². The minimum Gasteiger partial charge on any atom is -0.466 e. The van der Waals surface area contributed by atoms with Crippen LogP contribution >= 0.6 is 0 Å². The van der Waals surface area contributed by atoms with Crippen LogP contribution in [0.3, 0.4) is 0 Å². The van der Waals surface area contributed by atoms with Crippen LogP contribution < -0.4 is 9.47 Å². The van der Waals surface area contributed by atoms with Gasteiger partial charge in [-0.25, -0.2) is 0 Å². The summed E-state index contributed by atoms with van der Waals surface area (Å²) in [6.45, 7) is 2.11. The molecule has 1 aliphatic carbocycles. The van der Waals surface area contributed by atoms with Gasteiger partial charge < -0.3 is 19.3 Å². The number of hydrogen-bond donors (Lipinski definition) is 1. The zero-order valence-electron chi connectivity index (χ0n) is 10.7. The Hall–Kier alpha value is -1.75. The first-order chi connectivity index (χ1) is 9.20. The molecule has 0 spiro atoms. The Kier molecular flexibility index (Phi) is 3.06. The summed E-state index contributed by atoms with van der Waals surface area (Å²) < 4.78 is 15.7. The number of aliphatic hydroxyl groups is 1. The number of rotatable bonds is 4.